The molecule has 0 bridgehead atoms. The van der Waals surface area contributed by atoms with E-state index < -0.39 is 0 Å². The molecular formula is C31H39Cl2FeN7. The van der Waals surface area contributed by atoms with Gasteiger partial charge in [0.15, 0.2) is 11.6 Å². The molecule has 0 spiro atoms. The van der Waals surface area contributed by atoms with E-state index in [-0.39, 0.29) is 41.9 Å². The number of fused-ring (bicyclic) bond motifs is 2. The normalized spacial score (nSPS) is 11.1. The van der Waals surface area contributed by atoms with Crippen LogP contribution >= 0.6 is 0 Å². The van der Waals surface area contributed by atoms with Crippen LogP contribution in [-0.2, 0) is 30.2 Å². The van der Waals surface area contributed by atoms with Gasteiger partial charge in [-0.3, -0.25) is 0 Å². The maximum Gasteiger partial charge on any atom is 2.00 e. The molecule has 0 fully saturated rings. The minimum absolute atomic E-state index is 0. The fourth-order valence-corrected chi connectivity index (χ4v) is 5.24. The van der Waals surface area contributed by atoms with E-state index >= 15 is 0 Å². The largest absolute Gasteiger partial charge is 2.00 e. The van der Waals surface area contributed by atoms with Gasteiger partial charge < -0.3 is 43.7 Å². The molecule has 0 saturated heterocycles. The summed E-state index contributed by atoms with van der Waals surface area (Å²) in [6, 6.07) is 23.0. The predicted molar refractivity (Wildman–Crippen MR) is 157 cm³/mol. The molecule has 3 heterocycles. The Kier molecular flexibility index (Phi) is 13.8. The van der Waals surface area contributed by atoms with Gasteiger partial charge in [-0.2, -0.15) is 0 Å². The maximum absolute atomic E-state index is 5.17. The van der Waals surface area contributed by atoms with Crippen LogP contribution < -0.4 is 24.8 Å². The van der Waals surface area contributed by atoms with Gasteiger partial charge in [0.1, 0.15) is 11.4 Å². The van der Waals surface area contributed by atoms with Crippen molar-refractivity contribution in [2.45, 2.75) is 40.8 Å². The van der Waals surface area contributed by atoms with E-state index in [1.165, 1.54) is 0 Å². The van der Waals surface area contributed by atoms with E-state index in [0.717, 1.165) is 97.5 Å². The Hall–Kier alpha value is -2.45. The van der Waals surface area contributed by atoms with Crippen LogP contribution in [0.5, 0.6) is 0 Å². The molecule has 10 heteroatoms. The molecule has 0 aliphatic heterocycles. The first-order valence-corrected chi connectivity index (χ1v) is 14.0. The average Bonchev–Trinajstić information content (AvgIpc) is 3.53. The first kappa shape index (κ1) is 34.7. The number of pyridine rings is 1. The monoisotopic (exact) mass is 635 g/mol. The second-order valence-electron chi connectivity index (χ2n) is 9.61. The van der Waals surface area contributed by atoms with E-state index in [9.17, 15) is 0 Å². The summed E-state index contributed by atoms with van der Waals surface area (Å²) >= 11 is 0. The maximum atomic E-state index is 5.17. The average molecular weight is 636 g/mol. The van der Waals surface area contributed by atoms with Crippen molar-refractivity contribution in [1.82, 2.24) is 33.9 Å². The van der Waals surface area contributed by atoms with Crippen molar-refractivity contribution < 1.29 is 41.9 Å². The molecule has 2 aromatic carbocycles. The molecular weight excluding hydrogens is 597 g/mol. The van der Waals surface area contributed by atoms with Crippen molar-refractivity contribution in [3.05, 3.63) is 66.7 Å². The Morgan fingerprint density at radius 2 is 0.927 bits per heavy atom. The van der Waals surface area contributed by atoms with E-state index in [1.54, 1.807) is 0 Å². The van der Waals surface area contributed by atoms with Crippen molar-refractivity contribution in [3.8, 4) is 23.0 Å². The third kappa shape index (κ3) is 7.50. The number of benzene rings is 2. The van der Waals surface area contributed by atoms with Crippen LogP contribution in [0.4, 0.5) is 0 Å². The van der Waals surface area contributed by atoms with Crippen molar-refractivity contribution in [3.63, 3.8) is 0 Å². The molecule has 7 nitrogen and oxygen atoms in total. The van der Waals surface area contributed by atoms with E-state index in [2.05, 4.69) is 113 Å². The summed E-state index contributed by atoms with van der Waals surface area (Å²) in [5.74, 6) is 1.82. The Bertz CT molecular complexity index is 1400. The zero-order chi connectivity index (χ0) is 26.5. The molecule has 5 rings (SSSR count). The number of imidazole rings is 2. The van der Waals surface area contributed by atoms with Crippen molar-refractivity contribution >= 4 is 22.1 Å². The second kappa shape index (κ2) is 16.3. The van der Waals surface area contributed by atoms with Gasteiger partial charge in [0, 0.05) is 26.2 Å². The second-order valence-corrected chi connectivity index (χ2v) is 9.61. The van der Waals surface area contributed by atoms with Gasteiger partial charge in [-0.1, -0.05) is 58.0 Å². The first-order valence-electron chi connectivity index (χ1n) is 14.0. The van der Waals surface area contributed by atoms with Crippen molar-refractivity contribution in [2.75, 3.05) is 39.3 Å². The summed E-state index contributed by atoms with van der Waals surface area (Å²) in [6.45, 7) is 16.7. The fraction of sp³-hybridized carbons (Fsp3) is 0.387. The fourth-order valence-electron chi connectivity index (χ4n) is 5.24. The van der Waals surface area contributed by atoms with Gasteiger partial charge in [-0.15, -0.1) is 0 Å². The third-order valence-electron chi connectivity index (χ3n) is 7.58. The van der Waals surface area contributed by atoms with E-state index in [1.807, 2.05) is 0 Å². The van der Waals surface area contributed by atoms with Gasteiger partial charge in [-0.25, -0.2) is 15.0 Å². The van der Waals surface area contributed by atoms with Gasteiger partial charge in [0.05, 0.1) is 22.1 Å². The molecule has 0 N–H and O–H groups in total. The molecule has 220 valence electrons. The van der Waals surface area contributed by atoms with Crippen LogP contribution in [0, 0.1) is 0 Å². The summed E-state index contributed by atoms with van der Waals surface area (Å²) in [6.07, 6.45) is 0. The minimum atomic E-state index is 0. The molecule has 41 heavy (non-hydrogen) atoms. The number of nitrogens with zero attached hydrogens (tertiary/aromatic N) is 7. The quantitative estimate of drug-likeness (QED) is 0.178. The number of aromatic nitrogens is 5. The predicted octanol–water partition coefficient (Wildman–Crippen LogP) is -0.196. The zero-order valence-electron chi connectivity index (χ0n) is 24.2. The number of hydrogen-bond acceptors (Lipinski definition) is 5. The number of hydrogen-bond donors (Lipinski definition) is 0. The molecule has 0 aliphatic rings. The Morgan fingerprint density at radius 1 is 0.537 bits per heavy atom. The summed E-state index contributed by atoms with van der Waals surface area (Å²) in [5.41, 5.74) is 6.05. The smallest absolute Gasteiger partial charge is 1.00 e. The Labute approximate surface area is 266 Å². The zero-order valence-corrected chi connectivity index (χ0v) is 26.9. The molecule has 0 radical (unpaired) electrons. The Morgan fingerprint density at radius 3 is 1.32 bits per heavy atom. The summed E-state index contributed by atoms with van der Waals surface area (Å²) < 4.78 is 4.65. The van der Waals surface area contributed by atoms with Gasteiger partial charge in [0.25, 0.3) is 0 Å². The number of halogens is 2. The third-order valence-corrected chi connectivity index (χ3v) is 7.58. The molecule has 5 aromatic rings. The van der Waals surface area contributed by atoms with E-state index in [0.29, 0.717) is 0 Å². The van der Waals surface area contributed by atoms with Crippen LogP contribution in [0.15, 0.2) is 66.7 Å². The molecule has 0 saturated carbocycles. The first-order chi connectivity index (χ1) is 18.7. The Balaban J connectivity index is 0.00000196. The number of likely N-dealkylation sites (N-methyl/N-ethyl adjacent to an activating group) is 2. The number of para-hydroxylation sites is 4. The van der Waals surface area contributed by atoms with Crippen LogP contribution in [0.3, 0.4) is 0 Å². The van der Waals surface area contributed by atoms with Crippen molar-refractivity contribution in [1.29, 1.82) is 0 Å². The molecule has 0 amide bonds. The molecule has 0 unspecified atom stereocenters. The molecule has 0 aliphatic carbocycles. The van der Waals surface area contributed by atoms with Crippen LogP contribution in [-0.4, -0.2) is 73.2 Å². The minimum Gasteiger partial charge on any atom is -1.00 e. The van der Waals surface area contributed by atoms with Crippen LogP contribution in [0.2, 0.25) is 0 Å². The van der Waals surface area contributed by atoms with Gasteiger partial charge in [-0.05, 0) is 62.6 Å². The summed E-state index contributed by atoms with van der Waals surface area (Å²) in [5, 5.41) is 0. The summed E-state index contributed by atoms with van der Waals surface area (Å²) in [7, 11) is 0. The number of rotatable bonds is 12. The van der Waals surface area contributed by atoms with Gasteiger partial charge >= 0.3 is 17.1 Å². The SMILES string of the molecule is CCN(CC)CCn1c(-c2cccc(-c3nc4ccccc4n3CCN(CC)CC)n2)nc2ccccc21.[Cl-].[Cl-].[Fe+2]. The summed E-state index contributed by atoms with van der Waals surface area (Å²) in [4.78, 5) is 20.1. The van der Waals surface area contributed by atoms with E-state index in [4.69, 9.17) is 15.0 Å². The van der Waals surface area contributed by atoms with Gasteiger partial charge in [0.2, 0.25) is 0 Å². The topological polar surface area (TPSA) is 55.0 Å². The van der Waals surface area contributed by atoms with Crippen molar-refractivity contribution in [2.24, 2.45) is 0 Å². The standard InChI is InChI=1S/C31H39N7.2ClH.Fe/c1-5-35(6-2)20-22-37-28-18-11-9-14-24(28)33-30(37)26-16-13-17-27(32-26)31-34-25-15-10-12-19-29(25)38(31)23-21-36(7-3)8-4;;;/h9-19H,5-8,20-23H2,1-4H3;2*1H;/q;;;+2/p-2. The molecule has 3 aromatic heterocycles. The van der Waals surface area contributed by atoms with Crippen LogP contribution in [0.1, 0.15) is 27.7 Å². The molecule has 0 atom stereocenters. The van der Waals surface area contributed by atoms with Crippen LogP contribution in [0.25, 0.3) is 45.1 Å².